The second-order valence-corrected chi connectivity index (χ2v) is 5.47. The summed E-state index contributed by atoms with van der Waals surface area (Å²) in [7, 11) is 0. The average Bonchev–Trinajstić information content (AvgIpc) is 2.90. The highest BCUT2D eigenvalue weighted by Gasteiger charge is 2.21. The Labute approximate surface area is 124 Å². The summed E-state index contributed by atoms with van der Waals surface area (Å²) in [5.74, 6) is -0.730. The van der Waals surface area contributed by atoms with Crippen LogP contribution in [-0.2, 0) is 24.2 Å². The van der Waals surface area contributed by atoms with Gasteiger partial charge in [0.2, 0.25) is 0 Å². The summed E-state index contributed by atoms with van der Waals surface area (Å²) in [6.07, 6.45) is 1.84. The van der Waals surface area contributed by atoms with Crippen LogP contribution in [0.3, 0.4) is 0 Å². The van der Waals surface area contributed by atoms with Crippen LogP contribution >= 0.6 is 0 Å². The molecule has 0 aromatic heterocycles. The van der Waals surface area contributed by atoms with Crippen molar-refractivity contribution in [1.82, 2.24) is 0 Å². The molecule has 1 heterocycles. The number of aryl methyl sites for hydroxylation is 1. The van der Waals surface area contributed by atoms with Crippen LogP contribution in [-0.4, -0.2) is 17.6 Å². The molecule has 0 spiro atoms. The molecular formula is C18H19NO2. The first-order chi connectivity index (χ1) is 10.2. The molecule has 0 atom stereocenters. The Morgan fingerprint density at radius 2 is 1.90 bits per heavy atom. The number of rotatable bonds is 5. The van der Waals surface area contributed by atoms with Crippen LogP contribution in [0.2, 0.25) is 0 Å². The number of anilines is 1. The van der Waals surface area contributed by atoms with Crippen molar-refractivity contribution in [2.45, 2.75) is 25.8 Å². The predicted molar refractivity (Wildman–Crippen MR) is 83.6 cm³/mol. The summed E-state index contributed by atoms with van der Waals surface area (Å²) in [5, 5.41) is 8.86. The molecule has 21 heavy (non-hydrogen) atoms. The SMILES string of the molecule is O=C(O)CCc1cccc2c1CCN2Cc1ccccc1. The molecule has 1 aliphatic rings. The number of hydrogen-bond donors (Lipinski definition) is 1. The van der Waals surface area contributed by atoms with Gasteiger partial charge in [-0.3, -0.25) is 4.79 Å². The summed E-state index contributed by atoms with van der Waals surface area (Å²) in [6.45, 7) is 1.92. The molecule has 3 rings (SSSR count). The topological polar surface area (TPSA) is 40.5 Å². The molecule has 2 aromatic rings. The molecule has 3 nitrogen and oxygen atoms in total. The first-order valence-corrected chi connectivity index (χ1v) is 7.35. The van der Waals surface area contributed by atoms with Gasteiger partial charge in [-0.05, 0) is 35.6 Å². The monoisotopic (exact) mass is 281 g/mol. The summed E-state index contributed by atoms with van der Waals surface area (Å²) >= 11 is 0. The lowest BCUT2D eigenvalue weighted by Gasteiger charge is -2.20. The third-order valence-electron chi connectivity index (χ3n) is 4.05. The van der Waals surface area contributed by atoms with Crippen molar-refractivity contribution in [3.05, 3.63) is 65.2 Å². The second-order valence-electron chi connectivity index (χ2n) is 5.47. The second kappa shape index (κ2) is 6.00. The van der Waals surface area contributed by atoms with Crippen molar-refractivity contribution in [2.75, 3.05) is 11.4 Å². The van der Waals surface area contributed by atoms with Crippen LogP contribution in [0.1, 0.15) is 23.1 Å². The number of carboxylic acids is 1. The number of carboxylic acid groups (broad SMARTS) is 1. The zero-order valence-corrected chi connectivity index (χ0v) is 12.0. The highest BCUT2D eigenvalue weighted by atomic mass is 16.4. The van der Waals surface area contributed by atoms with Gasteiger partial charge in [-0.1, -0.05) is 42.5 Å². The number of aliphatic carboxylic acids is 1. The Morgan fingerprint density at radius 1 is 1.10 bits per heavy atom. The number of nitrogens with zero attached hydrogens (tertiary/aromatic N) is 1. The maximum absolute atomic E-state index is 10.8. The van der Waals surface area contributed by atoms with Gasteiger partial charge in [-0.2, -0.15) is 0 Å². The quantitative estimate of drug-likeness (QED) is 0.914. The summed E-state index contributed by atoms with van der Waals surface area (Å²) in [5.41, 5.74) is 5.09. The number of benzene rings is 2. The summed E-state index contributed by atoms with van der Waals surface area (Å²) in [6, 6.07) is 16.7. The van der Waals surface area contributed by atoms with Gasteiger partial charge >= 0.3 is 5.97 Å². The van der Waals surface area contributed by atoms with Crippen LogP contribution in [0, 0.1) is 0 Å². The minimum Gasteiger partial charge on any atom is -0.481 e. The highest BCUT2D eigenvalue weighted by molar-refractivity contribution is 5.68. The van der Waals surface area contributed by atoms with E-state index in [2.05, 4.69) is 41.3 Å². The minimum absolute atomic E-state index is 0.204. The van der Waals surface area contributed by atoms with E-state index in [1.807, 2.05) is 12.1 Å². The van der Waals surface area contributed by atoms with Crippen molar-refractivity contribution in [3.63, 3.8) is 0 Å². The zero-order valence-electron chi connectivity index (χ0n) is 12.0. The minimum atomic E-state index is -0.730. The Kier molecular flexibility index (Phi) is 3.91. The Hall–Kier alpha value is -2.29. The van der Waals surface area contributed by atoms with Gasteiger partial charge in [0.15, 0.2) is 0 Å². The first-order valence-electron chi connectivity index (χ1n) is 7.35. The van der Waals surface area contributed by atoms with Gasteiger partial charge in [-0.25, -0.2) is 0 Å². The van der Waals surface area contributed by atoms with Gasteiger partial charge in [0.05, 0.1) is 0 Å². The Balaban J connectivity index is 1.79. The van der Waals surface area contributed by atoms with E-state index < -0.39 is 5.97 Å². The maximum Gasteiger partial charge on any atom is 0.303 e. The zero-order chi connectivity index (χ0) is 14.7. The van der Waals surface area contributed by atoms with Crippen molar-refractivity contribution < 1.29 is 9.90 Å². The van der Waals surface area contributed by atoms with E-state index >= 15 is 0 Å². The number of carbonyl (C=O) groups is 1. The van der Waals surface area contributed by atoms with Crippen molar-refractivity contribution in [3.8, 4) is 0 Å². The maximum atomic E-state index is 10.8. The van der Waals surface area contributed by atoms with Crippen molar-refractivity contribution in [2.24, 2.45) is 0 Å². The fraction of sp³-hybridized carbons (Fsp3) is 0.278. The first kappa shape index (κ1) is 13.7. The lowest BCUT2D eigenvalue weighted by molar-refractivity contribution is -0.136. The van der Waals surface area contributed by atoms with E-state index in [1.54, 1.807) is 0 Å². The van der Waals surface area contributed by atoms with Crippen LogP contribution in [0.5, 0.6) is 0 Å². The normalized spacial score (nSPS) is 13.2. The molecule has 1 N–H and O–H groups in total. The van der Waals surface area contributed by atoms with Crippen LogP contribution in [0.15, 0.2) is 48.5 Å². The molecule has 0 radical (unpaired) electrons. The van der Waals surface area contributed by atoms with E-state index in [9.17, 15) is 4.79 Å². The van der Waals surface area contributed by atoms with Crippen LogP contribution in [0.25, 0.3) is 0 Å². The molecule has 2 aromatic carbocycles. The van der Waals surface area contributed by atoms with Crippen LogP contribution in [0.4, 0.5) is 5.69 Å². The fourth-order valence-electron chi connectivity index (χ4n) is 3.02. The predicted octanol–water partition coefficient (Wildman–Crippen LogP) is 3.27. The Morgan fingerprint density at radius 3 is 2.67 bits per heavy atom. The van der Waals surface area contributed by atoms with Crippen molar-refractivity contribution in [1.29, 1.82) is 0 Å². The molecule has 0 amide bonds. The molecule has 0 unspecified atom stereocenters. The number of hydrogen-bond acceptors (Lipinski definition) is 2. The highest BCUT2D eigenvalue weighted by Crippen LogP contribution is 2.32. The third-order valence-corrected chi connectivity index (χ3v) is 4.05. The van der Waals surface area contributed by atoms with Crippen molar-refractivity contribution >= 4 is 11.7 Å². The molecular weight excluding hydrogens is 262 g/mol. The molecule has 0 aliphatic carbocycles. The average molecular weight is 281 g/mol. The lowest BCUT2D eigenvalue weighted by Crippen LogP contribution is -2.19. The van der Waals surface area contributed by atoms with Gasteiger partial charge in [0.1, 0.15) is 0 Å². The third kappa shape index (κ3) is 3.07. The smallest absolute Gasteiger partial charge is 0.303 e. The van der Waals surface area contributed by atoms with E-state index in [-0.39, 0.29) is 6.42 Å². The van der Waals surface area contributed by atoms with E-state index in [4.69, 9.17) is 5.11 Å². The fourth-order valence-corrected chi connectivity index (χ4v) is 3.02. The number of fused-ring (bicyclic) bond motifs is 1. The molecule has 108 valence electrons. The van der Waals surface area contributed by atoms with E-state index in [0.717, 1.165) is 19.5 Å². The molecule has 3 heteroatoms. The van der Waals surface area contributed by atoms with Gasteiger partial charge in [0, 0.05) is 25.2 Å². The standard InChI is InChI=1S/C18H19NO2/c20-18(21)10-9-15-7-4-8-17-16(15)11-12-19(17)13-14-5-2-1-3-6-14/h1-8H,9-13H2,(H,20,21). The van der Waals surface area contributed by atoms with E-state index in [0.29, 0.717) is 6.42 Å². The summed E-state index contributed by atoms with van der Waals surface area (Å²) < 4.78 is 0. The molecule has 0 bridgehead atoms. The van der Waals surface area contributed by atoms with E-state index in [1.165, 1.54) is 22.4 Å². The van der Waals surface area contributed by atoms with Gasteiger partial charge in [0.25, 0.3) is 0 Å². The van der Waals surface area contributed by atoms with Gasteiger partial charge in [-0.15, -0.1) is 0 Å². The van der Waals surface area contributed by atoms with Crippen LogP contribution < -0.4 is 4.90 Å². The summed E-state index contributed by atoms with van der Waals surface area (Å²) in [4.78, 5) is 13.2. The lowest BCUT2D eigenvalue weighted by atomic mass is 10.0. The van der Waals surface area contributed by atoms with Gasteiger partial charge < -0.3 is 10.0 Å². The molecule has 0 saturated carbocycles. The molecule has 0 saturated heterocycles. The molecule has 1 aliphatic heterocycles. The molecule has 0 fully saturated rings. The largest absolute Gasteiger partial charge is 0.481 e. The Bertz CT molecular complexity index is 637.